The van der Waals surface area contributed by atoms with Crippen LogP contribution in [0.15, 0.2) is 18.2 Å². The molecule has 3 nitrogen and oxygen atoms in total. The van der Waals surface area contributed by atoms with Gasteiger partial charge in [-0.1, -0.05) is 6.07 Å². The van der Waals surface area contributed by atoms with Gasteiger partial charge in [-0.25, -0.2) is 4.39 Å². The fourth-order valence-electron chi connectivity index (χ4n) is 1.05. The topological polar surface area (TPSA) is 66.5 Å². The van der Waals surface area contributed by atoms with E-state index >= 15 is 0 Å². The highest BCUT2D eigenvalue weighted by Gasteiger charge is 2.16. The van der Waals surface area contributed by atoms with Crippen molar-refractivity contribution in [1.29, 1.82) is 0 Å². The van der Waals surface area contributed by atoms with Crippen molar-refractivity contribution in [3.63, 3.8) is 0 Å². The van der Waals surface area contributed by atoms with Gasteiger partial charge in [0.15, 0.2) is 0 Å². The van der Waals surface area contributed by atoms with Gasteiger partial charge in [0.25, 0.3) is 0 Å². The molecular weight excluding hydrogens is 173 g/mol. The highest BCUT2D eigenvalue weighted by atomic mass is 19.1. The van der Waals surface area contributed by atoms with Crippen LogP contribution in [0.1, 0.15) is 18.5 Å². The molecule has 4 N–H and O–H groups in total. The van der Waals surface area contributed by atoms with E-state index in [4.69, 9.17) is 15.9 Å². The number of rotatable bonds is 2. The van der Waals surface area contributed by atoms with Crippen molar-refractivity contribution in [2.45, 2.75) is 19.1 Å². The van der Waals surface area contributed by atoms with Gasteiger partial charge in [-0.2, -0.15) is 0 Å². The van der Waals surface area contributed by atoms with Crippen molar-refractivity contribution < 1.29 is 14.6 Å². The lowest BCUT2D eigenvalue weighted by atomic mass is 10.0. The van der Waals surface area contributed by atoms with Crippen LogP contribution in [0.5, 0.6) is 5.75 Å². The summed E-state index contributed by atoms with van der Waals surface area (Å²) < 4.78 is 13.1. The summed E-state index contributed by atoms with van der Waals surface area (Å²) in [6.07, 6.45) is -0.820. The fraction of sp³-hybridized carbons (Fsp3) is 0.333. The largest absolute Gasteiger partial charge is 0.508 e. The van der Waals surface area contributed by atoms with E-state index in [1.807, 2.05) is 0 Å². The highest BCUT2D eigenvalue weighted by Crippen LogP contribution is 2.21. The first-order valence-corrected chi connectivity index (χ1v) is 3.94. The standard InChI is InChI=1S/C9H12FNO2/c1-5(12)9(11)7-3-2-6(13)4-8(7)10/h2-5,9,12-13H,11H2,1H3/t5?,9-/m1/s1. The first-order chi connectivity index (χ1) is 6.02. The van der Waals surface area contributed by atoms with E-state index in [0.29, 0.717) is 0 Å². The number of benzene rings is 1. The highest BCUT2D eigenvalue weighted by molar-refractivity contribution is 5.30. The Morgan fingerprint density at radius 3 is 2.54 bits per heavy atom. The second-order valence-electron chi connectivity index (χ2n) is 2.97. The minimum absolute atomic E-state index is 0.154. The molecule has 0 aliphatic carbocycles. The van der Waals surface area contributed by atoms with E-state index in [9.17, 15) is 4.39 Å². The zero-order chi connectivity index (χ0) is 10.0. The van der Waals surface area contributed by atoms with Gasteiger partial charge in [0.05, 0.1) is 12.1 Å². The van der Waals surface area contributed by atoms with Crippen molar-refractivity contribution in [3.8, 4) is 5.75 Å². The summed E-state index contributed by atoms with van der Waals surface area (Å²) in [7, 11) is 0. The van der Waals surface area contributed by atoms with Crippen molar-refractivity contribution in [2.75, 3.05) is 0 Å². The number of hydrogen-bond acceptors (Lipinski definition) is 3. The number of phenolic OH excluding ortho intramolecular Hbond substituents is 1. The van der Waals surface area contributed by atoms with Gasteiger partial charge in [0.1, 0.15) is 11.6 Å². The fourth-order valence-corrected chi connectivity index (χ4v) is 1.05. The Bertz CT molecular complexity index is 302. The monoisotopic (exact) mass is 185 g/mol. The molecule has 0 aliphatic rings. The summed E-state index contributed by atoms with van der Waals surface area (Å²) in [4.78, 5) is 0. The van der Waals surface area contributed by atoms with Crippen LogP contribution in [0.25, 0.3) is 0 Å². The molecule has 13 heavy (non-hydrogen) atoms. The number of halogens is 1. The molecule has 0 fully saturated rings. The summed E-state index contributed by atoms with van der Waals surface area (Å²) in [6, 6.07) is 2.90. The number of phenols is 1. The number of aromatic hydroxyl groups is 1. The van der Waals surface area contributed by atoms with Gasteiger partial charge in [0, 0.05) is 11.6 Å². The third-order valence-electron chi connectivity index (χ3n) is 1.86. The second-order valence-corrected chi connectivity index (χ2v) is 2.97. The summed E-state index contributed by atoms with van der Waals surface area (Å²) >= 11 is 0. The Morgan fingerprint density at radius 2 is 2.08 bits per heavy atom. The third kappa shape index (κ3) is 2.17. The van der Waals surface area contributed by atoms with Crippen LogP contribution in [-0.2, 0) is 0 Å². The number of nitrogens with two attached hydrogens (primary N) is 1. The van der Waals surface area contributed by atoms with Gasteiger partial charge in [-0.15, -0.1) is 0 Å². The molecule has 2 atom stereocenters. The van der Waals surface area contributed by atoms with E-state index in [2.05, 4.69) is 0 Å². The molecule has 0 aromatic heterocycles. The SMILES string of the molecule is CC(O)[C@@H](N)c1ccc(O)cc1F. The lowest BCUT2D eigenvalue weighted by Gasteiger charge is -2.15. The van der Waals surface area contributed by atoms with Crippen molar-refractivity contribution in [1.82, 2.24) is 0 Å². The van der Waals surface area contributed by atoms with Crippen LogP contribution in [0.2, 0.25) is 0 Å². The zero-order valence-corrected chi connectivity index (χ0v) is 7.24. The molecule has 1 rings (SSSR count). The molecule has 0 aliphatic heterocycles. The molecule has 1 unspecified atom stereocenters. The molecule has 4 heteroatoms. The average molecular weight is 185 g/mol. The maximum absolute atomic E-state index is 13.1. The number of aliphatic hydroxyl groups is 1. The first kappa shape index (κ1) is 9.95. The molecule has 0 saturated carbocycles. The van der Waals surface area contributed by atoms with Gasteiger partial charge in [0.2, 0.25) is 0 Å². The maximum Gasteiger partial charge on any atom is 0.131 e. The second kappa shape index (κ2) is 3.72. The van der Waals surface area contributed by atoms with Crippen LogP contribution in [0, 0.1) is 5.82 Å². The summed E-state index contributed by atoms with van der Waals surface area (Å²) in [5.41, 5.74) is 5.72. The lowest BCUT2D eigenvalue weighted by Crippen LogP contribution is -2.24. The number of hydrogen-bond donors (Lipinski definition) is 3. The van der Waals surface area contributed by atoms with Gasteiger partial charge in [-0.3, -0.25) is 0 Å². The molecule has 0 heterocycles. The Morgan fingerprint density at radius 1 is 1.46 bits per heavy atom. The molecule has 72 valence electrons. The zero-order valence-electron chi connectivity index (χ0n) is 7.24. The predicted octanol–water partition coefficient (Wildman–Crippen LogP) is 0.912. The molecule has 0 saturated heterocycles. The van der Waals surface area contributed by atoms with Crippen molar-refractivity contribution in [3.05, 3.63) is 29.6 Å². The minimum Gasteiger partial charge on any atom is -0.508 e. The average Bonchev–Trinajstić information content (AvgIpc) is 2.03. The van der Waals surface area contributed by atoms with E-state index in [0.717, 1.165) is 6.07 Å². The van der Waals surface area contributed by atoms with Crippen LogP contribution >= 0.6 is 0 Å². The van der Waals surface area contributed by atoms with Crippen LogP contribution < -0.4 is 5.73 Å². The maximum atomic E-state index is 13.1. The Kier molecular flexibility index (Phi) is 2.85. The van der Waals surface area contributed by atoms with E-state index in [-0.39, 0.29) is 11.3 Å². The quantitative estimate of drug-likeness (QED) is 0.641. The molecule has 0 amide bonds. The minimum atomic E-state index is -0.820. The number of aliphatic hydroxyl groups excluding tert-OH is 1. The van der Waals surface area contributed by atoms with E-state index in [1.54, 1.807) is 0 Å². The van der Waals surface area contributed by atoms with Gasteiger partial charge in [-0.05, 0) is 13.0 Å². The van der Waals surface area contributed by atoms with Crippen LogP contribution in [0.4, 0.5) is 4.39 Å². The first-order valence-electron chi connectivity index (χ1n) is 3.94. The predicted molar refractivity (Wildman–Crippen MR) is 46.7 cm³/mol. The molecule has 1 aromatic carbocycles. The van der Waals surface area contributed by atoms with Gasteiger partial charge < -0.3 is 15.9 Å². The summed E-state index contributed by atoms with van der Waals surface area (Å²) in [6.45, 7) is 1.48. The van der Waals surface area contributed by atoms with Crippen LogP contribution in [-0.4, -0.2) is 16.3 Å². The Hall–Kier alpha value is -1.13. The lowest BCUT2D eigenvalue weighted by molar-refractivity contribution is 0.162. The smallest absolute Gasteiger partial charge is 0.131 e. The van der Waals surface area contributed by atoms with Gasteiger partial charge >= 0.3 is 0 Å². The molecule has 0 spiro atoms. The molecule has 1 aromatic rings. The van der Waals surface area contributed by atoms with E-state index < -0.39 is 18.0 Å². The Labute approximate surface area is 75.6 Å². The normalized spacial score (nSPS) is 15.4. The Balaban J connectivity index is 3.01. The summed E-state index contributed by atoms with van der Waals surface area (Å²) in [5, 5.41) is 18.0. The van der Waals surface area contributed by atoms with Crippen molar-refractivity contribution >= 4 is 0 Å². The van der Waals surface area contributed by atoms with Crippen LogP contribution in [0.3, 0.4) is 0 Å². The third-order valence-corrected chi connectivity index (χ3v) is 1.86. The molecule has 0 bridgehead atoms. The van der Waals surface area contributed by atoms with Crippen molar-refractivity contribution in [2.24, 2.45) is 5.73 Å². The van der Waals surface area contributed by atoms with E-state index in [1.165, 1.54) is 19.1 Å². The molecule has 0 radical (unpaired) electrons. The molecular formula is C9H12FNO2. The summed E-state index contributed by atoms with van der Waals surface area (Å²) in [5.74, 6) is -0.757.